The molecule has 0 aliphatic carbocycles. The van der Waals surface area contributed by atoms with Crippen LogP contribution in [-0.2, 0) is 9.59 Å². The molecule has 94 valence electrons. The van der Waals surface area contributed by atoms with Crippen LogP contribution in [-0.4, -0.2) is 34.0 Å². The number of hydrogen-bond acceptors (Lipinski definition) is 3. The number of amides is 1. The Bertz CT molecular complexity index is 279. The van der Waals surface area contributed by atoms with Gasteiger partial charge in [0.2, 0.25) is 5.72 Å². The summed E-state index contributed by atoms with van der Waals surface area (Å²) in [7, 11) is 0. The number of carbonyl (C=O) groups is 2. The van der Waals surface area contributed by atoms with Gasteiger partial charge in [-0.15, -0.1) is 0 Å². The molecular formula is C8H12F3NO4. The van der Waals surface area contributed by atoms with Crippen molar-refractivity contribution in [3.63, 3.8) is 0 Å². The lowest BCUT2D eigenvalue weighted by Gasteiger charge is -2.24. The number of nitrogens with one attached hydrogen (secondary N) is 1. The Kier molecular flexibility index (Phi) is 4.73. The molecule has 0 saturated heterocycles. The van der Waals surface area contributed by atoms with Gasteiger partial charge in [0.25, 0.3) is 0 Å². The average Bonchev–Trinajstić information content (AvgIpc) is 2.13. The first-order valence-corrected chi connectivity index (χ1v) is 4.48. The first kappa shape index (κ1) is 14.7. The number of unbranched alkanes of at least 4 members (excludes halogenated alkanes) is 1. The van der Waals surface area contributed by atoms with Crippen LogP contribution in [0.25, 0.3) is 0 Å². The smallest absolute Gasteiger partial charge is 0.471 e. The van der Waals surface area contributed by atoms with Crippen molar-refractivity contribution < 1.29 is 33.0 Å². The average molecular weight is 243 g/mol. The van der Waals surface area contributed by atoms with Crippen molar-refractivity contribution in [1.29, 1.82) is 0 Å². The Morgan fingerprint density at radius 3 is 2.12 bits per heavy atom. The topological polar surface area (TPSA) is 86.6 Å². The van der Waals surface area contributed by atoms with Crippen LogP contribution in [0.4, 0.5) is 13.2 Å². The zero-order valence-electron chi connectivity index (χ0n) is 8.47. The van der Waals surface area contributed by atoms with Gasteiger partial charge >= 0.3 is 18.1 Å². The monoisotopic (exact) mass is 243 g/mol. The molecule has 3 N–H and O–H groups in total. The van der Waals surface area contributed by atoms with Crippen molar-refractivity contribution in [3.8, 4) is 0 Å². The fourth-order valence-electron chi connectivity index (χ4n) is 0.914. The molecular weight excluding hydrogens is 231 g/mol. The van der Waals surface area contributed by atoms with E-state index in [0.29, 0.717) is 6.42 Å². The standard InChI is InChI=1S/C8H12F3NO4/c1-2-3-4-7(16,6(14)15)12-5(13)8(9,10)11/h16H,2-4H2,1H3,(H,12,13)(H,14,15). The summed E-state index contributed by atoms with van der Waals surface area (Å²) in [5.74, 6) is -4.40. The minimum Gasteiger partial charge on any atom is -0.478 e. The van der Waals surface area contributed by atoms with Gasteiger partial charge in [-0.2, -0.15) is 13.2 Å². The number of carbonyl (C=O) groups excluding carboxylic acids is 1. The first-order chi connectivity index (χ1) is 7.13. The van der Waals surface area contributed by atoms with Crippen LogP contribution in [0.15, 0.2) is 0 Å². The van der Waals surface area contributed by atoms with Crippen molar-refractivity contribution in [3.05, 3.63) is 0 Å². The largest absolute Gasteiger partial charge is 0.478 e. The zero-order valence-corrected chi connectivity index (χ0v) is 8.47. The molecule has 1 atom stereocenters. The van der Waals surface area contributed by atoms with Gasteiger partial charge in [-0.3, -0.25) is 4.79 Å². The van der Waals surface area contributed by atoms with Crippen molar-refractivity contribution in [2.75, 3.05) is 0 Å². The molecule has 0 aliphatic heterocycles. The third kappa shape index (κ3) is 4.05. The highest BCUT2D eigenvalue weighted by Crippen LogP contribution is 2.18. The molecule has 0 aromatic rings. The number of carboxylic acids is 1. The number of aliphatic hydroxyl groups is 1. The quantitative estimate of drug-likeness (QED) is 0.618. The van der Waals surface area contributed by atoms with E-state index >= 15 is 0 Å². The van der Waals surface area contributed by atoms with E-state index in [4.69, 9.17) is 5.11 Å². The summed E-state index contributed by atoms with van der Waals surface area (Å²) in [6.45, 7) is 1.66. The lowest BCUT2D eigenvalue weighted by Crippen LogP contribution is -2.57. The van der Waals surface area contributed by atoms with Gasteiger partial charge in [-0.1, -0.05) is 13.3 Å². The number of hydrogen-bond donors (Lipinski definition) is 3. The summed E-state index contributed by atoms with van der Waals surface area (Å²) in [6, 6.07) is 0. The Morgan fingerprint density at radius 2 is 1.81 bits per heavy atom. The van der Waals surface area contributed by atoms with E-state index in [1.165, 1.54) is 0 Å². The molecule has 0 aromatic carbocycles. The number of rotatable bonds is 5. The minimum atomic E-state index is -5.23. The maximum absolute atomic E-state index is 11.8. The molecule has 1 amide bonds. The van der Waals surface area contributed by atoms with E-state index in [1.54, 1.807) is 6.92 Å². The Balaban J connectivity index is 4.69. The van der Waals surface area contributed by atoms with Crippen molar-refractivity contribution in [2.45, 2.75) is 38.1 Å². The minimum absolute atomic E-state index is 0.168. The van der Waals surface area contributed by atoms with E-state index in [-0.39, 0.29) is 6.42 Å². The zero-order chi connectivity index (χ0) is 13.0. The molecule has 0 saturated carbocycles. The van der Waals surface area contributed by atoms with Crippen molar-refractivity contribution in [2.24, 2.45) is 0 Å². The molecule has 0 fully saturated rings. The normalized spacial score (nSPS) is 15.3. The molecule has 0 heterocycles. The lowest BCUT2D eigenvalue weighted by atomic mass is 10.1. The van der Waals surface area contributed by atoms with Crippen LogP contribution in [0, 0.1) is 0 Å². The second-order valence-electron chi connectivity index (χ2n) is 3.22. The summed E-state index contributed by atoms with van der Waals surface area (Å²) in [6.07, 6.45) is -5.07. The van der Waals surface area contributed by atoms with Gasteiger partial charge in [-0.25, -0.2) is 4.79 Å². The van der Waals surface area contributed by atoms with Crippen LogP contribution >= 0.6 is 0 Å². The molecule has 0 radical (unpaired) electrons. The number of aliphatic carboxylic acids is 1. The SMILES string of the molecule is CCCCC(O)(NC(=O)C(F)(F)F)C(=O)O. The summed E-state index contributed by atoms with van der Waals surface area (Å²) >= 11 is 0. The highest BCUT2D eigenvalue weighted by Gasteiger charge is 2.46. The fraction of sp³-hybridized carbons (Fsp3) is 0.750. The number of halogens is 3. The van der Waals surface area contributed by atoms with Gasteiger partial charge in [0, 0.05) is 6.42 Å². The molecule has 8 heteroatoms. The van der Waals surface area contributed by atoms with Gasteiger partial charge in [0.05, 0.1) is 0 Å². The predicted octanol–water partition coefficient (Wildman–Crippen LogP) is 0.628. The number of carboxylic acid groups (broad SMARTS) is 1. The van der Waals surface area contributed by atoms with E-state index in [9.17, 15) is 27.9 Å². The number of alkyl halides is 3. The molecule has 0 bridgehead atoms. The van der Waals surface area contributed by atoms with E-state index in [0.717, 1.165) is 5.32 Å². The summed E-state index contributed by atoms with van der Waals surface area (Å²) in [5.41, 5.74) is -2.87. The van der Waals surface area contributed by atoms with Gasteiger partial charge in [0.15, 0.2) is 0 Å². The molecule has 16 heavy (non-hydrogen) atoms. The Hall–Kier alpha value is -1.31. The maximum atomic E-state index is 11.8. The van der Waals surface area contributed by atoms with Crippen LogP contribution in [0.2, 0.25) is 0 Å². The van der Waals surface area contributed by atoms with E-state index < -0.39 is 30.2 Å². The van der Waals surface area contributed by atoms with E-state index in [2.05, 4.69) is 0 Å². The molecule has 0 aromatic heterocycles. The van der Waals surface area contributed by atoms with Gasteiger partial charge < -0.3 is 15.5 Å². The molecule has 0 rings (SSSR count). The van der Waals surface area contributed by atoms with Crippen LogP contribution in [0.5, 0.6) is 0 Å². The predicted molar refractivity (Wildman–Crippen MR) is 46.3 cm³/mol. The Morgan fingerprint density at radius 1 is 1.31 bits per heavy atom. The van der Waals surface area contributed by atoms with Crippen molar-refractivity contribution >= 4 is 11.9 Å². The summed E-state index contributed by atoms with van der Waals surface area (Å²) in [4.78, 5) is 21.0. The van der Waals surface area contributed by atoms with Gasteiger partial charge in [0.1, 0.15) is 0 Å². The first-order valence-electron chi connectivity index (χ1n) is 4.48. The third-order valence-corrected chi connectivity index (χ3v) is 1.82. The Labute approximate surface area is 89.3 Å². The van der Waals surface area contributed by atoms with Gasteiger partial charge in [-0.05, 0) is 6.42 Å². The summed E-state index contributed by atoms with van der Waals surface area (Å²) in [5, 5.41) is 18.9. The fourth-order valence-corrected chi connectivity index (χ4v) is 0.914. The molecule has 1 unspecified atom stereocenters. The van der Waals surface area contributed by atoms with Crippen LogP contribution < -0.4 is 5.32 Å². The molecule has 5 nitrogen and oxygen atoms in total. The third-order valence-electron chi connectivity index (χ3n) is 1.82. The van der Waals surface area contributed by atoms with Crippen LogP contribution in [0.3, 0.4) is 0 Å². The second-order valence-corrected chi connectivity index (χ2v) is 3.22. The second kappa shape index (κ2) is 5.15. The van der Waals surface area contributed by atoms with Crippen LogP contribution in [0.1, 0.15) is 26.2 Å². The lowest BCUT2D eigenvalue weighted by molar-refractivity contribution is -0.187. The molecule has 0 spiro atoms. The molecule has 0 aliphatic rings. The highest BCUT2D eigenvalue weighted by atomic mass is 19.4. The maximum Gasteiger partial charge on any atom is 0.471 e. The van der Waals surface area contributed by atoms with Crippen molar-refractivity contribution in [1.82, 2.24) is 5.32 Å². The highest BCUT2D eigenvalue weighted by molar-refractivity contribution is 5.88. The summed E-state index contributed by atoms with van der Waals surface area (Å²) < 4.78 is 35.5. The van der Waals surface area contributed by atoms with E-state index in [1.807, 2.05) is 0 Å².